The van der Waals surface area contributed by atoms with E-state index in [4.69, 9.17) is 0 Å². The van der Waals surface area contributed by atoms with Crippen LogP contribution in [0, 0.1) is 3.57 Å². The van der Waals surface area contributed by atoms with E-state index in [1.807, 2.05) is 7.05 Å². The minimum Gasteiger partial charge on any atom is -0.313 e. The standard InChI is InChI=1S/C15H15BrIN/c1-18-15(9-11-5-3-2-4-6-11)13-10-12(17)7-8-14(13)16/h2-8,10,15,18H,9H2,1H3. The largest absolute Gasteiger partial charge is 0.313 e. The molecule has 0 heterocycles. The van der Waals surface area contributed by atoms with Gasteiger partial charge in [-0.1, -0.05) is 46.3 Å². The lowest BCUT2D eigenvalue weighted by atomic mass is 9.99. The first-order chi connectivity index (χ1) is 8.70. The van der Waals surface area contributed by atoms with E-state index < -0.39 is 0 Å². The van der Waals surface area contributed by atoms with E-state index in [-0.39, 0.29) is 0 Å². The van der Waals surface area contributed by atoms with Gasteiger partial charge >= 0.3 is 0 Å². The van der Waals surface area contributed by atoms with Crippen LogP contribution in [0.2, 0.25) is 0 Å². The summed E-state index contributed by atoms with van der Waals surface area (Å²) >= 11 is 6.00. The maximum atomic E-state index is 3.64. The molecule has 2 rings (SSSR count). The molecule has 1 nitrogen and oxygen atoms in total. The molecule has 18 heavy (non-hydrogen) atoms. The Balaban J connectivity index is 2.26. The second kappa shape index (κ2) is 6.68. The van der Waals surface area contributed by atoms with Gasteiger partial charge in [-0.15, -0.1) is 0 Å². The van der Waals surface area contributed by atoms with Crippen molar-refractivity contribution in [3.63, 3.8) is 0 Å². The molecule has 0 fully saturated rings. The zero-order valence-electron chi connectivity index (χ0n) is 10.2. The number of hydrogen-bond acceptors (Lipinski definition) is 1. The topological polar surface area (TPSA) is 12.0 Å². The molecule has 1 atom stereocenters. The molecule has 0 aliphatic carbocycles. The van der Waals surface area contributed by atoms with Crippen LogP contribution in [-0.4, -0.2) is 7.05 Å². The molecule has 0 saturated heterocycles. The molecule has 0 radical (unpaired) electrons. The first kappa shape index (κ1) is 14.0. The third-order valence-corrected chi connectivity index (χ3v) is 4.36. The highest BCUT2D eigenvalue weighted by molar-refractivity contribution is 14.1. The van der Waals surface area contributed by atoms with Gasteiger partial charge in [-0.25, -0.2) is 0 Å². The molecule has 0 aliphatic rings. The summed E-state index contributed by atoms with van der Waals surface area (Å²) in [4.78, 5) is 0. The van der Waals surface area contributed by atoms with Crippen LogP contribution in [-0.2, 0) is 6.42 Å². The highest BCUT2D eigenvalue weighted by atomic mass is 127. The van der Waals surface area contributed by atoms with Gasteiger partial charge in [0.05, 0.1) is 0 Å². The van der Waals surface area contributed by atoms with Crippen LogP contribution < -0.4 is 5.32 Å². The predicted molar refractivity (Wildman–Crippen MR) is 88.8 cm³/mol. The lowest BCUT2D eigenvalue weighted by Gasteiger charge is -2.18. The van der Waals surface area contributed by atoms with Crippen LogP contribution in [0.25, 0.3) is 0 Å². The highest BCUT2D eigenvalue weighted by Gasteiger charge is 2.13. The molecule has 0 aromatic heterocycles. The van der Waals surface area contributed by atoms with Crippen molar-refractivity contribution in [3.05, 3.63) is 67.7 Å². The minimum absolute atomic E-state index is 0.330. The summed E-state index contributed by atoms with van der Waals surface area (Å²) in [6.45, 7) is 0. The summed E-state index contributed by atoms with van der Waals surface area (Å²) in [5.74, 6) is 0. The fourth-order valence-corrected chi connectivity index (χ4v) is 3.04. The van der Waals surface area contributed by atoms with E-state index in [0.29, 0.717) is 6.04 Å². The third kappa shape index (κ3) is 3.56. The quantitative estimate of drug-likeness (QED) is 0.722. The Morgan fingerprint density at radius 3 is 2.56 bits per heavy atom. The normalized spacial score (nSPS) is 12.4. The summed E-state index contributed by atoms with van der Waals surface area (Å²) in [6.07, 6.45) is 0.996. The molecule has 0 amide bonds. The molecule has 0 saturated carbocycles. The Morgan fingerprint density at radius 1 is 1.17 bits per heavy atom. The van der Waals surface area contributed by atoms with Crippen molar-refractivity contribution >= 4 is 38.5 Å². The summed E-state index contributed by atoms with van der Waals surface area (Å²) < 4.78 is 2.43. The molecular formula is C15H15BrIN. The van der Waals surface area contributed by atoms with Crippen LogP contribution in [0.15, 0.2) is 53.0 Å². The lowest BCUT2D eigenvalue weighted by Crippen LogP contribution is -2.19. The van der Waals surface area contributed by atoms with Crippen molar-refractivity contribution < 1.29 is 0 Å². The van der Waals surface area contributed by atoms with Gasteiger partial charge in [0.2, 0.25) is 0 Å². The Morgan fingerprint density at radius 2 is 1.89 bits per heavy atom. The number of hydrogen-bond donors (Lipinski definition) is 1. The lowest BCUT2D eigenvalue weighted by molar-refractivity contribution is 0.589. The zero-order valence-corrected chi connectivity index (χ0v) is 13.9. The van der Waals surface area contributed by atoms with E-state index in [2.05, 4.69) is 92.4 Å². The van der Waals surface area contributed by atoms with Crippen LogP contribution in [0.5, 0.6) is 0 Å². The molecule has 1 unspecified atom stereocenters. The second-order valence-corrected chi connectivity index (χ2v) is 6.30. The van der Waals surface area contributed by atoms with E-state index in [9.17, 15) is 0 Å². The van der Waals surface area contributed by atoms with Gasteiger partial charge in [-0.3, -0.25) is 0 Å². The fraction of sp³-hybridized carbons (Fsp3) is 0.200. The molecular weight excluding hydrogens is 401 g/mol. The number of halogens is 2. The Kier molecular flexibility index (Phi) is 5.21. The smallest absolute Gasteiger partial charge is 0.0370 e. The fourth-order valence-electron chi connectivity index (χ4n) is 2.00. The summed E-state index contributed by atoms with van der Waals surface area (Å²) in [7, 11) is 2.01. The molecule has 0 spiro atoms. The first-order valence-corrected chi connectivity index (χ1v) is 7.74. The van der Waals surface area contributed by atoms with Gasteiger partial charge < -0.3 is 5.32 Å². The molecule has 2 aromatic carbocycles. The molecule has 1 N–H and O–H groups in total. The molecule has 94 valence electrons. The van der Waals surface area contributed by atoms with Crippen molar-refractivity contribution in [2.45, 2.75) is 12.5 Å². The average molecular weight is 416 g/mol. The Labute approximate surface area is 130 Å². The maximum Gasteiger partial charge on any atom is 0.0370 e. The monoisotopic (exact) mass is 415 g/mol. The second-order valence-electron chi connectivity index (χ2n) is 4.20. The predicted octanol–water partition coefficient (Wildman–Crippen LogP) is 4.56. The molecule has 3 heteroatoms. The van der Waals surface area contributed by atoms with Crippen molar-refractivity contribution in [2.24, 2.45) is 0 Å². The van der Waals surface area contributed by atoms with Crippen LogP contribution >= 0.6 is 38.5 Å². The van der Waals surface area contributed by atoms with E-state index in [1.54, 1.807) is 0 Å². The van der Waals surface area contributed by atoms with Crippen molar-refractivity contribution in [3.8, 4) is 0 Å². The van der Waals surface area contributed by atoms with Gasteiger partial charge in [0, 0.05) is 14.1 Å². The Hall–Kier alpha value is -0.390. The number of benzene rings is 2. The molecule has 2 aromatic rings. The number of rotatable bonds is 4. The average Bonchev–Trinajstić information content (AvgIpc) is 2.40. The first-order valence-electron chi connectivity index (χ1n) is 5.87. The van der Waals surface area contributed by atoms with Crippen molar-refractivity contribution in [2.75, 3.05) is 7.05 Å². The van der Waals surface area contributed by atoms with Crippen LogP contribution in [0.4, 0.5) is 0 Å². The van der Waals surface area contributed by atoms with Gasteiger partial charge in [-0.2, -0.15) is 0 Å². The van der Waals surface area contributed by atoms with Crippen molar-refractivity contribution in [1.82, 2.24) is 5.32 Å². The van der Waals surface area contributed by atoms with E-state index in [1.165, 1.54) is 14.7 Å². The summed E-state index contributed by atoms with van der Waals surface area (Å²) in [5, 5.41) is 3.40. The number of nitrogens with one attached hydrogen (secondary N) is 1. The molecule has 0 aliphatic heterocycles. The summed E-state index contributed by atoms with van der Waals surface area (Å²) in [5.41, 5.74) is 2.66. The van der Waals surface area contributed by atoms with Gasteiger partial charge in [-0.05, 0) is 65.4 Å². The van der Waals surface area contributed by atoms with E-state index in [0.717, 1.165) is 10.9 Å². The van der Waals surface area contributed by atoms with Crippen molar-refractivity contribution in [1.29, 1.82) is 0 Å². The number of likely N-dealkylation sites (N-methyl/N-ethyl adjacent to an activating group) is 1. The zero-order chi connectivity index (χ0) is 13.0. The van der Waals surface area contributed by atoms with Crippen LogP contribution in [0.1, 0.15) is 17.2 Å². The Bertz CT molecular complexity index is 513. The molecule has 0 bridgehead atoms. The van der Waals surface area contributed by atoms with Gasteiger partial charge in [0.1, 0.15) is 0 Å². The van der Waals surface area contributed by atoms with Gasteiger partial charge in [0.15, 0.2) is 0 Å². The van der Waals surface area contributed by atoms with Gasteiger partial charge in [0.25, 0.3) is 0 Å². The van der Waals surface area contributed by atoms with E-state index >= 15 is 0 Å². The highest BCUT2D eigenvalue weighted by Crippen LogP contribution is 2.27. The maximum absolute atomic E-state index is 3.64. The summed E-state index contributed by atoms with van der Waals surface area (Å²) in [6, 6.07) is 17.4. The third-order valence-electron chi connectivity index (χ3n) is 2.96. The van der Waals surface area contributed by atoms with Crippen LogP contribution in [0.3, 0.4) is 0 Å². The SMILES string of the molecule is CNC(Cc1ccccc1)c1cc(I)ccc1Br. The minimum atomic E-state index is 0.330.